The second kappa shape index (κ2) is 8.27. The monoisotopic (exact) mass is 253 g/mol. The zero-order valence-electron chi connectivity index (χ0n) is 11.8. The fourth-order valence-electron chi connectivity index (χ4n) is 2.33. The number of hydrogen-bond donors (Lipinski definition) is 1. The van der Waals surface area contributed by atoms with Crippen LogP contribution in [0.2, 0.25) is 0 Å². The van der Waals surface area contributed by atoms with E-state index in [1.54, 1.807) is 0 Å². The first-order valence-corrected chi connectivity index (χ1v) is 6.93. The van der Waals surface area contributed by atoms with E-state index < -0.39 is 0 Å². The van der Waals surface area contributed by atoms with E-state index in [-0.39, 0.29) is 0 Å². The molecule has 0 aromatic heterocycles. The number of nitrogens with zero attached hydrogens (tertiary/aromatic N) is 2. The van der Waals surface area contributed by atoms with Crippen molar-refractivity contribution in [1.82, 2.24) is 15.1 Å². The molecule has 0 aromatic carbocycles. The molecule has 1 saturated heterocycles. The topological polar surface area (TPSA) is 35.6 Å². The van der Waals surface area contributed by atoms with Gasteiger partial charge in [0.05, 0.1) is 0 Å². The maximum absolute atomic E-state index is 10.1. The average Bonchev–Trinajstić information content (AvgIpc) is 2.35. The standard InChI is InChI=1S/C14H27N3O/c1-13(2)17-9-7-16(8-10-17)11-14(3)5-4-6-15-12-18/h12-13H,3-11H2,1-2H3,(H,15,18). The number of hydrogen-bond acceptors (Lipinski definition) is 3. The molecule has 1 rings (SSSR count). The number of rotatable bonds is 8. The first-order chi connectivity index (χ1) is 8.63. The highest BCUT2D eigenvalue weighted by Gasteiger charge is 2.18. The van der Waals surface area contributed by atoms with Crippen LogP contribution in [0.25, 0.3) is 0 Å². The third-order valence-corrected chi connectivity index (χ3v) is 3.52. The Kier molecular flexibility index (Phi) is 6.98. The van der Waals surface area contributed by atoms with Gasteiger partial charge in [-0.2, -0.15) is 0 Å². The highest BCUT2D eigenvalue weighted by molar-refractivity contribution is 5.45. The predicted molar refractivity (Wildman–Crippen MR) is 75.6 cm³/mol. The Morgan fingerprint density at radius 1 is 1.33 bits per heavy atom. The van der Waals surface area contributed by atoms with Crippen molar-refractivity contribution < 1.29 is 4.79 Å². The normalized spacial score (nSPS) is 17.9. The summed E-state index contributed by atoms with van der Waals surface area (Å²) in [5.41, 5.74) is 1.28. The van der Waals surface area contributed by atoms with Gasteiger partial charge in [0, 0.05) is 45.3 Å². The third-order valence-electron chi connectivity index (χ3n) is 3.52. The van der Waals surface area contributed by atoms with Crippen molar-refractivity contribution in [3.05, 3.63) is 12.2 Å². The molecule has 1 aliphatic rings. The molecule has 1 heterocycles. The summed E-state index contributed by atoms with van der Waals surface area (Å²) in [4.78, 5) is 15.1. The summed E-state index contributed by atoms with van der Waals surface area (Å²) >= 11 is 0. The smallest absolute Gasteiger partial charge is 0.207 e. The van der Waals surface area contributed by atoms with Gasteiger partial charge in [-0.25, -0.2) is 0 Å². The van der Waals surface area contributed by atoms with E-state index in [2.05, 4.69) is 35.5 Å². The Balaban J connectivity index is 2.12. The molecule has 4 nitrogen and oxygen atoms in total. The summed E-state index contributed by atoms with van der Waals surface area (Å²) in [5.74, 6) is 0. The summed E-state index contributed by atoms with van der Waals surface area (Å²) in [5, 5.41) is 2.68. The maximum atomic E-state index is 10.1. The summed E-state index contributed by atoms with van der Waals surface area (Å²) < 4.78 is 0. The molecule has 1 fully saturated rings. The minimum absolute atomic E-state index is 0.657. The van der Waals surface area contributed by atoms with E-state index in [9.17, 15) is 4.79 Å². The lowest BCUT2D eigenvalue weighted by atomic mass is 10.1. The molecule has 0 spiro atoms. The van der Waals surface area contributed by atoms with Crippen molar-refractivity contribution in [1.29, 1.82) is 0 Å². The predicted octanol–water partition coefficient (Wildman–Crippen LogP) is 1.09. The largest absolute Gasteiger partial charge is 0.359 e. The third kappa shape index (κ3) is 5.65. The second-order valence-electron chi connectivity index (χ2n) is 5.33. The van der Waals surface area contributed by atoms with Gasteiger partial charge < -0.3 is 5.32 Å². The van der Waals surface area contributed by atoms with E-state index in [4.69, 9.17) is 0 Å². The molecule has 0 radical (unpaired) electrons. The molecule has 104 valence electrons. The lowest BCUT2D eigenvalue weighted by molar-refractivity contribution is -0.109. The summed E-state index contributed by atoms with van der Waals surface area (Å²) in [7, 11) is 0. The molecule has 18 heavy (non-hydrogen) atoms. The first-order valence-electron chi connectivity index (χ1n) is 6.93. The molecule has 1 amide bonds. The van der Waals surface area contributed by atoms with Crippen molar-refractivity contribution in [3.63, 3.8) is 0 Å². The van der Waals surface area contributed by atoms with Crippen LogP contribution >= 0.6 is 0 Å². The Morgan fingerprint density at radius 3 is 2.56 bits per heavy atom. The van der Waals surface area contributed by atoms with Gasteiger partial charge in [0.15, 0.2) is 0 Å². The lowest BCUT2D eigenvalue weighted by Crippen LogP contribution is -2.49. The van der Waals surface area contributed by atoms with E-state index in [1.165, 1.54) is 5.57 Å². The number of carbonyl (C=O) groups excluding carboxylic acids is 1. The van der Waals surface area contributed by atoms with Crippen LogP contribution in [-0.2, 0) is 4.79 Å². The van der Waals surface area contributed by atoms with Crippen molar-refractivity contribution in [2.24, 2.45) is 0 Å². The van der Waals surface area contributed by atoms with Gasteiger partial charge in [-0.15, -0.1) is 0 Å². The lowest BCUT2D eigenvalue weighted by Gasteiger charge is -2.37. The van der Waals surface area contributed by atoms with Gasteiger partial charge in [-0.1, -0.05) is 12.2 Å². The number of amides is 1. The van der Waals surface area contributed by atoms with Gasteiger partial charge in [0.2, 0.25) is 6.41 Å². The van der Waals surface area contributed by atoms with Crippen LogP contribution in [0.4, 0.5) is 0 Å². The molecule has 0 aromatic rings. The van der Waals surface area contributed by atoms with Crippen LogP contribution in [0.5, 0.6) is 0 Å². The highest BCUT2D eigenvalue weighted by atomic mass is 16.1. The zero-order chi connectivity index (χ0) is 13.4. The van der Waals surface area contributed by atoms with E-state index in [1.807, 2.05) is 0 Å². The Bertz CT molecular complexity index is 258. The van der Waals surface area contributed by atoms with Gasteiger partial charge in [0.1, 0.15) is 0 Å². The van der Waals surface area contributed by atoms with Gasteiger partial charge in [0.25, 0.3) is 0 Å². The maximum Gasteiger partial charge on any atom is 0.207 e. The van der Waals surface area contributed by atoms with Crippen LogP contribution in [0.3, 0.4) is 0 Å². The van der Waals surface area contributed by atoms with Crippen molar-refractivity contribution in [2.45, 2.75) is 32.7 Å². The fourth-order valence-corrected chi connectivity index (χ4v) is 2.33. The summed E-state index contributed by atoms with van der Waals surface area (Å²) in [6, 6.07) is 0.657. The molecule has 0 saturated carbocycles. The van der Waals surface area contributed by atoms with Crippen molar-refractivity contribution >= 4 is 6.41 Å². The van der Waals surface area contributed by atoms with Crippen LogP contribution in [0.15, 0.2) is 12.2 Å². The van der Waals surface area contributed by atoms with Crippen molar-refractivity contribution in [3.8, 4) is 0 Å². The Morgan fingerprint density at radius 2 is 2.00 bits per heavy atom. The molecule has 1 N–H and O–H groups in total. The Hall–Kier alpha value is -0.870. The molecule has 0 unspecified atom stereocenters. The molecule has 0 atom stereocenters. The average molecular weight is 253 g/mol. The van der Waals surface area contributed by atoms with E-state index >= 15 is 0 Å². The fraction of sp³-hybridized carbons (Fsp3) is 0.786. The van der Waals surface area contributed by atoms with Crippen LogP contribution in [0, 0.1) is 0 Å². The van der Waals surface area contributed by atoms with Gasteiger partial charge in [-0.05, 0) is 26.7 Å². The van der Waals surface area contributed by atoms with Crippen LogP contribution in [-0.4, -0.2) is 61.5 Å². The van der Waals surface area contributed by atoms with Gasteiger partial charge in [-0.3, -0.25) is 14.6 Å². The second-order valence-corrected chi connectivity index (χ2v) is 5.33. The molecular formula is C14H27N3O. The highest BCUT2D eigenvalue weighted by Crippen LogP contribution is 2.09. The SMILES string of the molecule is C=C(CCCNC=O)CN1CCN(C(C)C)CC1. The molecule has 1 aliphatic heterocycles. The minimum atomic E-state index is 0.657. The first kappa shape index (κ1) is 15.2. The number of carbonyl (C=O) groups is 1. The molecule has 0 aliphatic carbocycles. The molecular weight excluding hydrogens is 226 g/mol. The molecule has 0 bridgehead atoms. The summed E-state index contributed by atoms with van der Waals surface area (Å²) in [6.07, 6.45) is 2.75. The van der Waals surface area contributed by atoms with Gasteiger partial charge >= 0.3 is 0 Å². The summed E-state index contributed by atoms with van der Waals surface area (Å²) in [6.45, 7) is 15.0. The minimum Gasteiger partial charge on any atom is -0.359 e. The number of nitrogens with one attached hydrogen (secondary N) is 1. The zero-order valence-corrected chi connectivity index (χ0v) is 11.8. The molecule has 4 heteroatoms. The number of piperazine rings is 1. The van der Waals surface area contributed by atoms with E-state index in [0.29, 0.717) is 6.04 Å². The van der Waals surface area contributed by atoms with Crippen LogP contribution < -0.4 is 5.32 Å². The van der Waals surface area contributed by atoms with Crippen LogP contribution in [0.1, 0.15) is 26.7 Å². The van der Waals surface area contributed by atoms with E-state index in [0.717, 1.165) is 58.5 Å². The Labute approximate surface area is 111 Å². The van der Waals surface area contributed by atoms with Crippen molar-refractivity contribution in [2.75, 3.05) is 39.3 Å². The quantitative estimate of drug-likeness (QED) is 0.400.